The number of carbonyl (C=O) groups is 1. The van der Waals surface area contributed by atoms with Crippen LogP contribution in [0.4, 0.5) is 10.5 Å². The van der Waals surface area contributed by atoms with Crippen LogP contribution in [0.5, 0.6) is 17.2 Å². The summed E-state index contributed by atoms with van der Waals surface area (Å²) in [5.74, 6) is -0.754. The molecule has 2 aromatic rings. The third-order valence-corrected chi connectivity index (χ3v) is 10.5. The molecule has 0 bridgehead atoms. The van der Waals surface area contributed by atoms with Crippen molar-refractivity contribution >= 4 is 17.5 Å². The molecule has 6 unspecified atom stereocenters. The molecule has 5 rings (SSSR count). The SMILES string of the molecule is C=CCCOC(=O)N(C)C1CC(=NOCC)C2=CC(CCCCO)C(CCCCO)C3c4cc(Oc5cccc([N+](=O)[O-])c5)ccc4OC1(OCC=C)C23. The van der Waals surface area contributed by atoms with E-state index in [0.717, 1.165) is 36.8 Å². The minimum Gasteiger partial charge on any atom is -0.459 e. The maximum atomic E-state index is 13.7. The molecule has 1 amide bonds. The molecule has 1 aliphatic heterocycles. The number of hydrogen-bond acceptors (Lipinski definition) is 11. The lowest BCUT2D eigenvalue weighted by Gasteiger charge is -2.59. The summed E-state index contributed by atoms with van der Waals surface area (Å²) in [6.45, 7) is 10.3. The van der Waals surface area contributed by atoms with E-state index in [1.807, 2.05) is 19.1 Å². The van der Waals surface area contributed by atoms with Crippen molar-refractivity contribution in [1.82, 2.24) is 4.90 Å². The number of likely N-dealkylation sites (N-methyl/N-ethyl adjacent to an activating group) is 1. The average molecular weight is 748 g/mol. The van der Waals surface area contributed by atoms with Crippen LogP contribution in [0.1, 0.15) is 69.8 Å². The van der Waals surface area contributed by atoms with Crippen molar-refractivity contribution in [3.05, 3.63) is 95.1 Å². The first-order chi connectivity index (χ1) is 26.2. The maximum Gasteiger partial charge on any atom is 0.409 e. The highest BCUT2D eigenvalue weighted by Gasteiger charge is 2.65. The minimum absolute atomic E-state index is 0.0170. The van der Waals surface area contributed by atoms with Crippen molar-refractivity contribution < 1.29 is 43.7 Å². The molecule has 13 nitrogen and oxygen atoms in total. The van der Waals surface area contributed by atoms with Gasteiger partial charge in [0.15, 0.2) is 0 Å². The first-order valence-electron chi connectivity index (χ1n) is 18.9. The smallest absolute Gasteiger partial charge is 0.409 e. The monoisotopic (exact) mass is 747 g/mol. The van der Waals surface area contributed by atoms with Crippen LogP contribution < -0.4 is 9.47 Å². The van der Waals surface area contributed by atoms with Crippen LogP contribution in [-0.2, 0) is 14.3 Å². The molecule has 0 saturated heterocycles. The lowest BCUT2D eigenvalue weighted by molar-refractivity contribution is -0.384. The van der Waals surface area contributed by atoms with Crippen molar-refractivity contribution in [3.63, 3.8) is 0 Å². The fourth-order valence-corrected chi connectivity index (χ4v) is 8.19. The van der Waals surface area contributed by atoms with Crippen molar-refractivity contribution in [2.75, 3.05) is 40.1 Å². The molecule has 1 heterocycles. The van der Waals surface area contributed by atoms with Crippen LogP contribution in [0, 0.1) is 27.9 Å². The number of nitro groups is 1. The van der Waals surface area contributed by atoms with Gasteiger partial charge in [0.1, 0.15) is 29.9 Å². The number of carbonyl (C=O) groups excluding carboxylic acids is 1. The van der Waals surface area contributed by atoms with E-state index in [4.69, 9.17) is 23.8 Å². The van der Waals surface area contributed by atoms with Gasteiger partial charge in [-0.05, 0) is 80.7 Å². The van der Waals surface area contributed by atoms with Gasteiger partial charge in [0.25, 0.3) is 5.69 Å². The molecule has 292 valence electrons. The number of unbranched alkanes of at least 4 members (excludes halogenated alkanes) is 2. The predicted molar refractivity (Wildman–Crippen MR) is 204 cm³/mol. The van der Waals surface area contributed by atoms with Gasteiger partial charge in [-0.1, -0.05) is 42.3 Å². The minimum atomic E-state index is -1.41. The van der Waals surface area contributed by atoms with Crippen LogP contribution in [0.25, 0.3) is 0 Å². The molecular formula is C41H53N3O10. The van der Waals surface area contributed by atoms with Gasteiger partial charge in [0.05, 0.1) is 35.8 Å². The van der Waals surface area contributed by atoms with Crippen molar-refractivity contribution in [2.24, 2.45) is 22.9 Å². The molecule has 2 aromatic carbocycles. The molecule has 0 spiro atoms. The highest BCUT2D eigenvalue weighted by atomic mass is 16.7. The molecule has 2 N–H and O–H groups in total. The van der Waals surface area contributed by atoms with Crippen LogP contribution in [-0.4, -0.2) is 83.8 Å². The third kappa shape index (κ3) is 8.80. The zero-order valence-electron chi connectivity index (χ0n) is 31.3. The number of aliphatic hydroxyl groups is 2. The summed E-state index contributed by atoms with van der Waals surface area (Å²) in [4.78, 5) is 32.0. The number of hydrogen-bond donors (Lipinski definition) is 2. The van der Waals surface area contributed by atoms with Crippen molar-refractivity contribution in [2.45, 2.75) is 76.0 Å². The highest BCUT2D eigenvalue weighted by molar-refractivity contribution is 6.02. The summed E-state index contributed by atoms with van der Waals surface area (Å²) < 4.78 is 25.8. The molecule has 0 radical (unpaired) electrons. The Morgan fingerprint density at radius 1 is 1.09 bits per heavy atom. The van der Waals surface area contributed by atoms with Crippen LogP contribution in [0.2, 0.25) is 0 Å². The second kappa shape index (κ2) is 19.0. The van der Waals surface area contributed by atoms with E-state index in [0.29, 0.717) is 48.8 Å². The summed E-state index contributed by atoms with van der Waals surface area (Å²) in [5.41, 5.74) is 2.36. The van der Waals surface area contributed by atoms with Gasteiger partial charge in [-0.2, -0.15) is 0 Å². The van der Waals surface area contributed by atoms with Gasteiger partial charge in [0, 0.05) is 44.2 Å². The largest absolute Gasteiger partial charge is 0.459 e. The molecular weight excluding hydrogens is 694 g/mol. The number of rotatable bonds is 20. The zero-order chi connectivity index (χ0) is 38.7. The van der Waals surface area contributed by atoms with Gasteiger partial charge in [-0.15, -0.1) is 13.2 Å². The molecule has 1 saturated carbocycles. The van der Waals surface area contributed by atoms with E-state index in [1.54, 1.807) is 37.4 Å². The zero-order valence-corrected chi connectivity index (χ0v) is 31.3. The number of allylic oxidation sites excluding steroid dienone is 1. The van der Waals surface area contributed by atoms with Gasteiger partial charge in [-0.3, -0.25) is 10.1 Å². The molecule has 3 aliphatic rings. The van der Waals surface area contributed by atoms with Gasteiger partial charge in [-0.25, -0.2) is 4.79 Å². The highest BCUT2D eigenvalue weighted by Crippen LogP contribution is 2.62. The maximum absolute atomic E-state index is 13.7. The van der Waals surface area contributed by atoms with Crippen molar-refractivity contribution in [3.8, 4) is 17.2 Å². The van der Waals surface area contributed by atoms with Crippen LogP contribution in [0.15, 0.2) is 84.6 Å². The Balaban J connectivity index is 1.73. The van der Waals surface area contributed by atoms with Gasteiger partial charge < -0.3 is 38.9 Å². The van der Waals surface area contributed by atoms with Crippen molar-refractivity contribution in [1.29, 1.82) is 0 Å². The first-order valence-corrected chi connectivity index (χ1v) is 18.9. The Hall–Kier alpha value is -4.72. The standard InChI is InChI=1S/C41H53N3O10/c1-5-8-23-50-40(47)43(4)37-27-35(42-52-7-3)33-24-28(14-9-11-20-45)32(17-10-12-21-46)38-34-26-31(53-30-16-13-15-29(25-30)44(48)49)18-19-36(34)54-41(37,39(33)38)51-22-6-2/h5-6,13,15-16,18-19,24-26,28,32,37-39,45-46H,1-2,7-12,14,17,20-23,27H2,3-4H3. The second-order valence-corrected chi connectivity index (χ2v) is 13.8. The summed E-state index contributed by atoms with van der Waals surface area (Å²) in [5, 5.41) is 35.7. The number of benzene rings is 2. The Morgan fingerprint density at radius 3 is 2.56 bits per heavy atom. The Bertz CT molecular complexity index is 1690. The van der Waals surface area contributed by atoms with Crippen LogP contribution >= 0.6 is 0 Å². The molecule has 13 heteroatoms. The molecule has 2 aliphatic carbocycles. The number of fused-ring (bicyclic) bond motifs is 2. The third-order valence-electron chi connectivity index (χ3n) is 10.5. The first kappa shape index (κ1) is 40.5. The van der Waals surface area contributed by atoms with E-state index in [1.165, 1.54) is 17.0 Å². The van der Waals surface area contributed by atoms with Gasteiger partial charge >= 0.3 is 6.09 Å². The van der Waals surface area contributed by atoms with Gasteiger partial charge in [0.2, 0.25) is 5.79 Å². The second-order valence-electron chi connectivity index (χ2n) is 13.8. The molecule has 1 fully saturated rings. The number of nitrogens with zero attached hydrogens (tertiary/aromatic N) is 3. The Morgan fingerprint density at radius 2 is 1.85 bits per heavy atom. The predicted octanol–water partition coefficient (Wildman–Crippen LogP) is 7.69. The number of amides is 1. The molecule has 6 atom stereocenters. The summed E-state index contributed by atoms with van der Waals surface area (Å²) in [6.07, 6.45) is 10.2. The number of oxime groups is 1. The van der Waals surface area contributed by atoms with E-state index >= 15 is 0 Å². The van der Waals surface area contributed by atoms with E-state index in [9.17, 15) is 25.1 Å². The number of aliphatic hydroxyl groups excluding tert-OH is 2. The summed E-state index contributed by atoms with van der Waals surface area (Å²) in [6, 6.07) is 10.8. The molecule has 0 aromatic heterocycles. The fourth-order valence-electron chi connectivity index (χ4n) is 8.19. The summed E-state index contributed by atoms with van der Waals surface area (Å²) >= 11 is 0. The molecule has 54 heavy (non-hydrogen) atoms. The van der Waals surface area contributed by atoms with Crippen LogP contribution in [0.3, 0.4) is 0 Å². The topological polar surface area (TPSA) is 162 Å². The quantitative estimate of drug-likeness (QED) is 0.0595. The number of non-ortho nitro benzene ring substituents is 1. The Kier molecular flexibility index (Phi) is 14.3. The average Bonchev–Trinajstić information content (AvgIpc) is 3.17. The summed E-state index contributed by atoms with van der Waals surface area (Å²) in [7, 11) is 1.68. The number of nitro benzene ring substituents is 1. The lowest BCUT2D eigenvalue weighted by atomic mass is 9.55. The van der Waals surface area contributed by atoms with E-state index in [2.05, 4.69) is 24.4 Å². The van der Waals surface area contributed by atoms with E-state index in [-0.39, 0.29) is 56.3 Å². The number of ether oxygens (including phenoxy) is 4. The Labute approximate surface area is 317 Å². The lowest BCUT2D eigenvalue weighted by Crippen LogP contribution is -2.69. The normalized spacial score (nSPS) is 24.6. The van der Waals surface area contributed by atoms with E-state index < -0.39 is 28.8 Å². The fraction of sp³-hybridized carbons (Fsp3) is 0.512.